The number of hydrogen-bond donors (Lipinski definition) is 1. The Labute approximate surface area is 139 Å². The normalized spacial score (nSPS) is 13.1. The first-order valence-corrected chi connectivity index (χ1v) is 9.17. The van der Waals surface area contributed by atoms with Crippen LogP contribution in [0.3, 0.4) is 0 Å². The lowest BCUT2D eigenvalue weighted by atomic mass is 10.1. The standard InChI is InChI=1S/C17H17FN2O3S/c1-3-24(21,22)16(11-4-7-13(23-2)8-5-11)17-19-14-9-6-12(18)10-15(14)20-17/h4-10,16H,3H2,1-2H3,(H,19,20). The molecule has 1 heterocycles. The van der Waals surface area contributed by atoms with E-state index < -0.39 is 20.9 Å². The summed E-state index contributed by atoms with van der Waals surface area (Å²) in [5.41, 5.74) is 1.57. The molecule has 3 aromatic rings. The summed E-state index contributed by atoms with van der Waals surface area (Å²) >= 11 is 0. The Hall–Kier alpha value is -2.41. The zero-order chi connectivity index (χ0) is 17.3. The highest BCUT2D eigenvalue weighted by Gasteiger charge is 2.30. The number of hydrogen-bond acceptors (Lipinski definition) is 4. The fraction of sp³-hybridized carbons (Fsp3) is 0.235. The monoisotopic (exact) mass is 348 g/mol. The minimum atomic E-state index is -3.47. The molecule has 3 rings (SSSR count). The van der Waals surface area contributed by atoms with E-state index >= 15 is 0 Å². The van der Waals surface area contributed by atoms with Gasteiger partial charge in [-0.25, -0.2) is 17.8 Å². The van der Waals surface area contributed by atoms with Crippen LogP contribution in [0.4, 0.5) is 4.39 Å². The van der Waals surface area contributed by atoms with Gasteiger partial charge in [-0.2, -0.15) is 0 Å². The number of sulfone groups is 1. The molecule has 0 bridgehead atoms. The van der Waals surface area contributed by atoms with Crippen molar-refractivity contribution in [3.05, 3.63) is 59.7 Å². The molecular weight excluding hydrogens is 331 g/mol. The number of aromatic amines is 1. The Kier molecular flexibility index (Phi) is 4.28. The van der Waals surface area contributed by atoms with Gasteiger partial charge >= 0.3 is 0 Å². The average molecular weight is 348 g/mol. The highest BCUT2D eigenvalue weighted by Crippen LogP contribution is 2.31. The first-order chi connectivity index (χ1) is 11.4. The number of H-pyrrole nitrogens is 1. The number of benzene rings is 2. The fourth-order valence-corrected chi connectivity index (χ4v) is 3.96. The Morgan fingerprint density at radius 2 is 1.92 bits per heavy atom. The van der Waals surface area contributed by atoms with E-state index in [4.69, 9.17) is 4.74 Å². The summed E-state index contributed by atoms with van der Waals surface area (Å²) in [6, 6.07) is 10.9. The van der Waals surface area contributed by atoms with Gasteiger partial charge in [-0.1, -0.05) is 19.1 Å². The van der Waals surface area contributed by atoms with Crippen LogP contribution < -0.4 is 4.74 Å². The minimum absolute atomic E-state index is 0.0326. The van der Waals surface area contributed by atoms with Crippen molar-refractivity contribution >= 4 is 20.9 Å². The number of imidazole rings is 1. The quantitative estimate of drug-likeness (QED) is 0.768. The molecule has 24 heavy (non-hydrogen) atoms. The lowest BCUT2D eigenvalue weighted by Gasteiger charge is -2.15. The zero-order valence-corrected chi connectivity index (χ0v) is 14.1. The third-order valence-corrected chi connectivity index (χ3v) is 5.91. The first kappa shape index (κ1) is 16.4. The summed E-state index contributed by atoms with van der Waals surface area (Å²) in [6.07, 6.45) is 0. The molecule has 0 aliphatic rings. The second-order valence-corrected chi connectivity index (χ2v) is 7.76. The second-order valence-electron chi connectivity index (χ2n) is 5.39. The maximum absolute atomic E-state index is 13.4. The van der Waals surface area contributed by atoms with Crippen LogP contribution in [0.15, 0.2) is 42.5 Å². The van der Waals surface area contributed by atoms with E-state index in [-0.39, 0.29) is 11.6 Å². The van der Waals surface area contributed by atoms with E-state index in [0.717, 1.165) is 0 Å². The van der Waals surface area contributed by atoms with Gasteiger partial charge in [-0.05, 0) is 29.8 Å². The molecule has 0 saturated heterocycles. The highest BCUT2D eigenvalue weighted by molar-refractivity contribution is 7.91. The third kappa shape index (κ3) is 2.99. The summed E-state index contributed by atoms with van der Waals surface area (Å²) in [5, 5.41) is -0.941. The molecule has 126 valence electrons. The van der Waals surface area contributed by atoms with Gasteiger partial charge in [0.1, 0.15) is 22.6 Å². The SMILES string of the molecule is CCS(=O)(=O)C(c1ccc(OC)cc1)c1nc2cc(F)ccc2[nH]1. The van der Waals surface area contributed by atoms with E-state index in [0.29, 0.717) is 22.3 Å². The molecule has 1 aromatic heterocycles. The molecule has 0 aliphatic heterocycles. The van der Waals surface area contributed by atoms with E-state index in [2.05, 4.69) is 9.97 Å². The van der Waals surface area contributed by atoms with Crippen molar-refractivity contribution in [2.24, 2.45) is 0 Å². The van der Waals surface area contributed by atoms with Gasteiger partial charge in [0.2, 0.25) is 0 Å². The second kappa shape index (κ2) is 6.24. The minimum Gasteiger partial charge on any atom is -0.497 e. The molecular formula is C17H17FN2O3S. The molecule has 1 unspecified atom stereocenters. The number of fused-ring (bicyclic) bond motifs is 1. The molecule has 0 amide bonds. The van der Waals surface area contributed by atoms with E-state index in [1.54, 1.807) is 44.4 Å². The topological polar surface area (TPSA) is 72.1 Å². The molecule has 0 saturated carbocycles. The van der Waals surface area contributed by atoms with Crippen LogP contribution in [-0.2, 0) is 9.84 Å². The largest absolute Gasteiger partial charge is 0.497 e. The summed E-state index contributed by atoms with van der Waals surface area (Å²) in [7, 11) is -1.93. The maximum atomic E-state index is 13.4. The number of aromatic nitrogens is 2. The Bertz CT molecular complexity index is 965. The van der Waals surface area contributed by atoms with Gasteiger partial charge < -0.3 is 9.72 Å². The molecule has 7 heteroatoms. The summed E-state index contributed by atoms with van der Waals surface area (Å²) in [4.78, 5) is 7.30. The average Bonchev–Trinajstić information content (AvgIpc) is 2.97. The van der Waals surface area contributed by atoms with E-state index in [1.807, 2.05) is 0 Å². The number of nitrogens with zero attached hydrogens (tertiary/aromatic N) is 1. The number of nitrogens with one attached hydrogen (secondary N) is 1. The smallest absolute Gasteiger partial charge is 0.164 e. The van der Waals surface area contributed by atoms with Crippen molar-refractivity contribution in [2.45, 2.75) is 12.2 Å². The van der Waals surface area contributed by atoms with E-state index in [1.165, 1.54) is 12.1 Å². The van der Waals surface area contributed by atoms with Crippen LogP contribution in [0.25, 0.3) is 11.0 Å². The van der Waals surface area contributed by atoms with Crippen molar-refractivity contribution in [1.82, 2.24) is 9.97 Å². The van der Waals surface area contributed by atoms with Gasteiger partial charge in [0.05, 0.1) is 18.1 Å². The van der Waals surface area contributed by atoms with Crippen molar-refractivity contribution in [3.8, 4) is 5.75 Å². The fourth-order valence-electron chi connectivity index (χ4n) is 2.60. The van der Waals surface area contributed by atoms with Crippen LogP contribution in [0.5, 0.6) is 5.75 Å². The first-order valence-electron chi connectivity index (χ1n) is 7.45. The van der Waals surface area contributed by atoms with Gasteiger partial charge in [0.25, 0.3) is 0 Å². The van der Waals surface area contributed by atoms with Crippen LogP contribution in [0.2, 0.25) is 0 Å². The lowest BCUT2D eigenvalue weighted by Crippen LogP contribution is -2.18. The maximum Gasteiger partial charge on any atom is 0.164 e. The van der Waals surface area contributed by atoms with Crippen LogP contribution in [-0.4, -0.2) is 31.2 Å². The summed E-state index contributed by atoms with van der Waals surface area (Å²) < 4.78 is 43.7. The third-order valence-electron chi connectivity index (χ3n) is 3.89. The molecule has 2 aromatic carbocycles. The number of methoxy groups -OCH3 is 1. The Morgan fingerprint density at radius 1 is 1.21 bits per heavy atom. The van der Waals surface area contributed by atoms with Crippen molar-refractivity contribution in [3.63, 3.8) is 0 Å². The molecule has 0 fully saturated rings. The van der Waals surface area contributed by atoms with E-state index in [9.17, 15) is 12.8 Å². The predicted molar refractivity (Wildman–Crippen MR) is 90.3 cm³/mol. The van der Waals surface area contributed by atoms with Gasteiger partial charge in [0.15, 0.2) is 9.84 Å². The highest BCUT2D eigenvalue weighted by atomic mass is 32.2. The van der Waals surface area contributed by atoms with Gasteiger partial charge in [-0.3, -0.25) is 0 Å². The number of halogens is 1. The predicted octanol–water partition coefficient (Wildman–Crippen LogP) is 3.23. The van der Waals surface area contributed by atoms with Crippen LogP contribution >= 0.6 is 0 Å². The van der Waals surface area contributed by atoms with Crippen molar-refractivity contribution < 1.29 is 17.5 Å². The molecule has 0 radical (unpaired) electrons. The molecule has 0 spiro atoms. The number of rotatable bonds is 5. The molecule has 1 atom stereocenters. The van der Waals surface area contributed by atoms with Crippen LogP contribution in [0.1, 0.15) is 23.6 Å². The Morgan fingerprint density at radius 3 is 2.54 bits per heavy atom. The summed E-state index contributed by atoms with van der Waals surface area (Å²) in [6.45, 7) is 1.59. The zero-order valence-electron chi connectivity index (χ0n) is 13.3. The Balaban J connectivity index is 2.15. The van der Waals surface area contributed by atoms with Crippen molar-refractivity contribution in [2.75, 3.05) is 12.9 Å². The van der Waals surface area contributed by atoms with Crippen LogP contribution in [0, 0.1) is 5.82 Å². The van der Waals surface area contributed by atoms with Crippen molar-refractivity contribution in [1.29, 1.82) is 0 Å². The summed E-state index contributed by atoms with van der Waals surface area (Å²) in [5.74, 6) is 0.468. The molecule has 0 aliphatic carbocycles. The van der Waals surface area contributed by atoms with Gasteiger partial charge in [0, 0.05) is 11.8 Å². The number of ether oxygens (including phenoxy) is 1. The lowest BCUT2D eigenvalue weighted by molar-refractivity contribution is 0.414. The molecule has 5 nitrogen and oxygen atoms in total. The van der Waals surface area contributed by atoms with Gasteiger partial charge in [-0.15, -0.1) is 0 Å². The molecule has 1 N–H and O–H groups in total.